The summed E-state index contributed by atoms with van der Waals surface area (Å²) in [5.74, 6) is -2.95. The summed E-state index contributed by atoms with van der Waals surface area (Å²) in [5, 5.41) is 9.20. The molecule has 0 aromatic heterocycles. The Morgan fingerprint density at radius 3 is 2.54 bits per heavy atom. The number of ether oxygens (including phenoxy) is 2. The highest BCUT2D eigenvalue weighted by molar-refractivity contribution is 7.92. The molecule has 0 saturated heterocycles. The van der Waals surface area contributed by atoms with Gasteiger partial charge >= 0.3 is 6.36 Å². The molecule has 0 spiro atoms. The smallest absolute Gasteiger partial charge is 0.492 e. The van der Waals surface area contributed by atoms with E-state index in [1.807, 2.05) is 0 Å². The number of para-hydroxylation sites is 1. The maximum Gasteiger partial charge on any atom is 0.573 e. The number of hydrogen-bond donors (Lipinski definition) is 0. The molecule has 0 atom stereocenters. The Kier molecular flexibility index (Phi) is 4.68. The van der Waals surface area contributed by atoms with Crippen molar-refractivity contribution in [3.8, 4) is 17.6 Å². The van der Waals surface area contributed by atoms with E-state index >= 15 is 0 Å². The summed E-state index contributed by atoms with van der Waals surface area (Å²) in [4.78, 5) is 13.7. The average Bonchev–Trinajstić information content (AvgIpc) is 2.90. The molecule has 1 aliphatic rings. The number of nitriles is 1. The average molecular weight is 412 g/mol. The third-order valence-electron chi connectivity index (χ3n) is 3.89. The van der Waals surface area contributed by atoms with Crippen molar-refractivity contribution < 1.29 is 35.9 Å². The van der Waals surface area contributed by atoms with Crippen molar-refractivity contribution in [1.29, 1.82) is 5.26 Å². The second-order valence-corrected chi connectivity index (χ2v) is 7.59. The van der Waals surface area contributed by atoms with Gasteiger partial charge in [-0.2, -0.15) is 5.26 Å². The summed E-state index contributed by atoms with van der Waals surface area (Å²) < 4.78 is 71.2. The van der Waals surface area contributed by atoms with Crippen LogP contribution in [0, 0.1) is 11.3 Å². The van der Waals surface area contributed by atoms with Crippen molar-refractivity contribution in [3.63, 3.8) is 0 Å². The Balaban J connectivity index is 2.11. The van der Waals surface area contributed by atoms with Gasteiger partial charge in [-0.3, -0.25) is 9.69 Å². The fourth-order valence-corrected chi connectivity index (χ4v) is 4.31. The Hall–Kier alpha value is -3.26. The molecule has 146 valence electrons. The standard InChI is InChI=1S/C17H11F3N2O5S/c1-26-15-11(8-21)6-10(7-13(15)27-17(18,19)20)16(23)22-9-28(24,25)14-5-3-2-4-12(14)22/h2-7H,9H2,1H3. The number of sulfone groups is 1. The van der Waals surface area contributed by atoms with Gasteiger partial charge in [0.1, 0.15) is 11.9 Å². The van der Waals surface area contributed by atoms with Gasteiger partial charge < -0.3 is 9.47 Å². The summed E-state index contributed by atoms with van der Waals surface area (Å²) in [7, 11) is -2.73. The van der Waals surface area contributed by atoms with Crippen LogP contribution in [0.15, 0.2) is 41.3 Å². The van der Waals surface area contributed by atoms with Gasteiger partial charge in [0.05, 0.1) is 23.3 Å². The van der Waals surface area contributed by atoms with Gasteiger partial charge in [-0.25, -0.2) is 8.42 Å². The highest BCUT2D eigenvalue weighted by Crippen LogP contribution is 2.38. The highest BCUT2D eigenvalue weighted by Gasteiger charge is 2.38. The molecular weight excluding hydrogens is 401 g/mol. The van der Waals surface area contributed by atoms with E-state index in [9.17, 15) is 31.6 Å². The van der Waals surface area contributed by atoms with Crippen LogP contribution in [0.25, 0.3) is 0 Å². The molecule has 0 fully saturated rings. The number of hydrogen-bond acceptors (Lipinski definition) is 6. The molecule has 28 heavy (non-hydrogen) atoms. The number of rotatable bonds is 3. The number of fused-ring (bicyclic) bond motifs is 1. The van der Waals surface area contributed by atoms with Crippen LogP contribution >= 0.6 is 0 Å². The quantitative estimate of drug-likeness (QED) is 0.769. The third kappa shape index (κ3) is 3.46. The Morgan fingerprint density at radius 2 is 1.93 bits per heavy atom. The molecule has 1 heterocycles. The second kappa shape index (κ2) is 6.72. The van der Waals surface area contributed by atoms with Gasteiger partial charge in [-0.1, -0.05) is 12.1 Å². The van der Waals surface area contributed by atoms with E-state index in [0.29, 0.717) is 0 Å². The van der Waals surface area contributed by atoms with Gasteiger partial charge in [-0.05, 0) is 24.3 Å². The van der Waals surface area contributed by atoms with E-state index in [0.717, 1.165) is 24.1 Å². The molecule has 0 saturated carbocycles. The number of anilines is 1. The maximum absolute atomic E-state index is 12.9. The molecule has 0 radical (unpaired) electrons. The first-order valence-corrected chi connectivity index (χ1v) is 9.24. The van der Waals surface area contributed by atoms with Crippen LogP contribution in [0.5, 0.6) is 11.5 Å². The molecule has 1 aliphatic heterocycles. The van der Waals surface area contributed by atoms with Crippen LogP contribution < -0.4 is 14.4 Å². The Labute approximate surface area is 157 Å². The fourth-order valence-electron chi connectivity index (χ4n) is 2.80. The molecule has 0 aliphatic carbocycles. The van der Waals surface area contributed by atoms with Crippen molar-refractivity contribution in [2.45, 2.75) is 11.3 Å². The predicted octanol–water partition coefficient (Wildman–Crippen LogP) is 2.86. The molecule has 0 N–H and O–H groups in total. The van der Waals surface area contributed by atoms with Crippen LogP contribution in [-0.2, 0) is 9.84 Å². The predicted molar refractivity (Wildman–Crippen MR) is 89.7 cm³/mol. The molecular formula is C17H11F3N2O5S. The highest BCUT2D eigenvalue weighted by atomic mass is 32.2. The number of carbonyl (C=O) groups is 1. The molecule has 3 rings (SSSR count). The van der Waals surface area contributed by atoms with Gasteiger partial charge in [0.15, 0.2) is 21.3 Å². The van der Waals surface area contributed by atoms with Gasteiger partial charge in [0.25, 0.3) is 5.91 Å². The van der Waals surface area contributed by atoms with E-state index < -0.39 is 39.5 Å². The maximum atomic E-state index is 12.9. The van der Waals surface area contributed by atoms with Gasteiger partial charge in [-0.15, -0.1) is 13.2 Å². The molecule has 7 nitrogen and oxygen atoms in total. The first kappa shape index (κ1) is 19.5. The minimum absolute atomic E-state index is 0.0656. The van der Waals surface area contributed by atoms with Gasteiger partial charge in [0.2, 0.25) is 0 Å². The minimum Gasteiger partial charge on any atom is -0.492 e. The third-order valence-corrected chi connectivity index (χ3v) is 5.50. The Morgan fingerprint density at radius 1 is 1.25 bits per heavy atom. The lowest BCUT2D eigenvalue weighted by atomic mass is 10.1. The summed E-state index contributed by atoms with van der Waals surface area (Å²) in [6.45, 7) is 0. The van der Waals surface area contributed by atoms with E-state index in [-0.39, 0.29) is 21.7 Å². The topological polar surface area (TPSA) is 96.7 Å². The number of carbonyl (C=O) groups excluding carboxylic acids is 1. The molecule has 2 aromatic carbocycles. The fraction of sp³-hybridized carbons (Fsp3) is 0.176. The monoisotopic (exact) mass is 412 g/mol. The molecule has 2 aromatic rings. The van der Waals surface area contributed by atoms with Crippen LogP contribution in [0.4, 0.5) is 18.9 Å². The number of nitrogens with zero attached hydrogens (tertiary/aromatic N) is 2. The lowest BCUT2D eigenvalue weighted by Gasteiger charge is -2.18. The van der Waals surface area contributed by atoms with Crippen molar-refractivity contribution in [2.24, 2.45) is 0 Å². The van der Waals surface area contributed by atoms with E-state index in [1.54, 1.807) is 6.07 Å². The molecule has 0 bridgehead atoms. The first-order valence-electron chi connectivity index (χ1n) is 7.59. The SMILES string of the molecule is COc1c(C#N)cc(C(=O)N2CS(=O)(=O)c3ccccc32)cc1OC(F)(F)F. The lowest BCUT2D eigenvalue weighted by molar-refractivity contribution is -0.275. The minimum atomic E-state index is -5.09. The van der Waals surface area contributed by atoms with E-state index in [2.05, 4.69) is 4.74 Å². The first-order chi connectivity index (χ1) is 13.1. The second-order valence-electron chi connectivity index (χ2n) is 5.66. The lowest BCUT2D eigenvalue weighted by Crippen LogP contribution is -2.30. The number of methoxy groups -OCH3 is 1. The number of alkyl halides is 3. The summed E-state index contributed by atoms with van der Waals surface area (Å²) >= 11 is 0. The van der Waals surface area contributed by atoms with Crippen LogP contribution in [0.3, 0.4) is 0 Å². The zero-order chi connectivity index (χ0) is 20.7. The van der Waals surface area contributed by atoms with Crippen LogP contribution in [-0.4, -0.2) is 33.7 Å². The van der Waals surface area contributed by atoms with E-state index in [1.165, 1.54) is 24.3 Å². The summed E-state index contributed by atoms with van der Waals surface area (Å²) in [6, 6.07) is 9.13. The van der Waals surface area contributed by atoms with Crippen molar-refractivity contribution in [3.05, 3.63) is 47.5 Å². The van der Waals surface area contributed by atoms with Crippen molar-refractivity contribution in [1.82, 2.24) is 0 Å². The van der Waals surface area contributed by atoms with Crippen LogP contribution in [0.1, 0.15) is 15.9 Å². The van der Waals surface area contributed by atoms with Gasteiger partial charge in [0, 0.05) is 5.56 Å². The Bertz CT molecular complexity index is 1110. The van der Waals surface area contributed by atoms with E-state index in [4.69, 9.17) is 4.74 Å². The largest absolute Gasteiger partial charge is 0.573 e. The molecule has 0 unspecified atom stereocenters. The normalized spacial score (nSPS) is 14.9. The zero-order valence-electron chi connectivity index (χ0n) is 14.1. The number of amides is 1. The number of benzene rings is 2. The summed E-state index contributed by atoms with van der Waals surface area (Å²) in [5.41, 5.74) is -0.633. The van der Waals surface area contributed by atoms with Crippen LogP contribution in [0.2, 0.25) is 0 Å². The molecule has 11 heteroatoms. The van der Waals surface area contributed by atoms with Crippen molar-refractivity contribution in [2.75, 3.05) is 17.9 Å². The number of halogens is 3. The zero-order valence-corrected chi connectivity index (χ0v) is 15.0. The molecule has 1 amide bonds. The summed E-state index contributed by atoms with van der Waals surface area (Å²) in [6.07, 6.45) is -5.09. The van der Waals surface area contributed by atoms with Crippen molar-refractivity contribution >= 4 is 21.4 Å².